The fraction of sp³-hybridized carbons (Fsp3) is 0.327. The summed E-state index contributed by atoms with van der Waals surface area (Å²) in [5.74, 6) is -2.44. The van der Waals surface area contributed by atoms with Gasteiger partial charge in [-0.15, -0.1) is 11.8 Å². The van der Waals surface area contributed by atoms with Crippen LogP contribution in [-0.4, -0.2) is 115 Å². The highest BCUT2D eigenvalue weighted by atomic mass is 35.5. The van der Waals surface area contributed by atoms with Crippen molar-refractivity contribution in [3.8, 4) is 11.1 Å². The van der Waals surface area contributed by atoms with Gasteiger partial charge in [0.2, 0.25) is 0 Å². The summed E-state index contributed by atoms with van der Waals surface area (Å²) in [5.41, 5.74) is -2.05. The number of sulfonamides is 1. The van der Waals surface area contributed by atoms with Crippen LogP contribution in [0.3, 0.4) is 0 Å². The fourth-order valence-corrected chi connectivity index (χ4v) is 10.9. The molecule has 21 heteroatoms. The maximum absolute atomic E-state index is 14.2. The number of ether oxygens (including phenoxy) is 2. The second-order valence-corrected chi connectivity index (χ2v) is 21.7. The van der Waals surface area contributed by atoms with E-state index in [1.54, 1.807) is 42.3 Å². The molecule has 1 aliphatic heterocycles. The number of thioether (sulfide) groups is 1. The molecule has 1 atom stereocenters. The molecule has 0 aromatic heterocycles. The van der Waals surface area contributed by atoms with E-state index < -0.39 is 77.9 Å². The lowest BCUT2D eigenvalue weighted by atomic mass is 9.87. The molecular weight excluding hydrogens is 993 g/mol. The number of carboxylic acid groups (broad SMARTS) is 1. The Morgan fingerprint density at radius 1 is 0.871 bits per heavy atom. The molecular formula is C49H52ClF3N4O10S3. The lowest BCUT2D eigenvalue weighted by Gasteiger charge is -2.34. The molecule has 0 saturated carbocycles. The van der Waals surface area contributed by atoms with E-state index in [0.29, 0.717) is 17.0 Å². The number of nitrogens with one attached hydrogen (secondary N) is 2. The lowest BCUT2D eigenvalue weighted by molar-refractivity contribution is -0.152. The molecule has 3 N–H and O–H groups in total. The molecule has 0 spiro atoms. The molecule has 1 aliphatic rings. The second-order valence-electron chi connectivity index (χ2n) is 16.6. The number of nitrogens with zero attached hydrogens (tertiary/aromatic N) is 2. The summed E-state index contributed by atoms with van der Waals surface area (Å²) in [6.45, 7) is 0.669. The highest BCUT2D eigenvalue weighted by Crippen LogP contribution is 2.37. The van der Waals surface area contributed by atoms with Crippen LogP contribution in [0.4, 0.5) is 24.5 Å². The van der Waals surface area contributed by atoms with E-state index in [2.05, 4.69) is 22.3 Å². The molecule has 14 nitrogen and oxygen atoms in total. The number of esters is 1. The molecule has 5 aromatic rings. The van der Waals surface area contributed by atoms with Crippen LogP contribution in [0.1, 0.15) is 35.2 Å². The number of amides is 1. The quantitative estimate of drug-likeness (QED) is 0.0418. The highest BCUT2D eigenvalue weighted by molar-refractivity contribution is 7.99. The van der Waals surface area contributed by atoms with Crippen LogP contribution in [0.15, 0.2) is 136 Å². The third kappa shape index (κ3) is 15.2. The van der Waals surface area contributed by atoms with E-state index in [1.165, 1.54) is 29.5 Å². The van der Waals surface area contributed by atoms with Crippen molar-refractivity contribution in [1.82, 2.24) is 9.62 Å². The van der Waals surface area contributed by atoms with Gasteiger partial charge in [0.25, 0.3) is 25.8 Å². The van der Waals surface area contributed by atoms with Crippen molar-refractivity contribution in [2.24, 2.45) is 5.92 Å². The van der Waals surface area contributed by atoms with Crippen molar-refractivity contribution >= 4 is 72.4 Å². The number of aliphatic carboxylic acids is 1. The molecule has 1 fully saturated rings. The average molecular weight is 1050 g/mol. The number of alkyl halides is 3. The van der Waals surface area contributed by atoms with Crippen molar-refractivity contribution in [2.45, 2.75) is 51.9 Å². The van der Waals surface area contributed by atoms with Crippen LogP contribution in [0.25, 0.3) is 11.1 Å². The predicted molar refractivity (Wildman–Crippen MR) is 262 cm³/mol. The van der Waals surface area contributed by atoms with Gasteiger partial charge >= 0.3 is 17.4 Å². The van der Waals surface area contributed by atoms with Crippen LogP contribution < -0.4 is 14.9 Å². The topological polar surface area (TPSA) is 189 Å². The standard InChI is InChI=1S/C49H52ClF3N4O10S3/c1-56(27-28-67-47(60)32-66-31-46(58)59)24-23-39(33-68-41-8-3-2-4-9-41)54-44-20-19-42(30-45(44)69(62,63)49(51,52)53)70(64,65)55-48(61)36-13-17-40(18-14-36)57-25-21-34(22-26-57)29-37-7-5-6-10-43(37)35-11-15-38(50)16-12-35/h2-20,30,34,39,54H,21-29,31-33H2,1H3,(H,55,61)(H,58,59)/t39-/m1/s1. The van der Waals surface area contributed by atoms with Gasteiger partial charge < -0.3 is 29.7 Å². The first-order valence-electron chi connectivity index (χ1n) is 22.1. The van der Waals surface area contributed by atoms with Gasteiger partial charge in [0.1, 0.15) is 24.7 Å². The van der Waals surface area contributed by atoms with Gasteiger partial charge in [-0.05, 0) is 129 Å². The molecule has 70 heavy (non-hydrogen) atoms. The number of sulfone groups is 1. The molecule has 1 saturated heterocycles. The van der Waals surface area contributed by atoms with Crippen LogP contribution in [0.5, 0.6) is 0 Å². The first-order chi connectivity index (χ1) is 33.3. The van der Waals surface area contributed by atoms with E-state index in [4.69, 9.17) is 26.2 Å². The van der Waals surface area contributed by atoms with Crippen LogP contribution in [0, 0.1) is 5.92 Å². The summed E-state index contributed by atoms with van der Waals surface area (Å²) in [7, 11) is -9.38. The van der Waals surface area contributed by atoms with E-state index >= 15 is 0 Å². The average Bonchev–Trinajstić information content (AvgIpc) is 3.33. The Morgan fingerprint density at radius 2 is 1.54 bits per heavy atom. The van der Waals surface area contributed by atoms with Crippen molar-refractivity contribution in [1.29, 1.82) is 0 Å². The fourth-order valence-electron chi connectivity index (χ4n) is 7.71. The maximum atomic E-state index is 14.2. The third-order valence-electron chi connectivity index (χ3n) is 11.5. The summed E-state index contributed by atoms with van der Waals surface area (Å²) in [4.78, 5) is 38.3. The number of carbonyl (C=O) groups is 3. The molecule has 6 rings (SSSR count). The Morgan fingerprint density at radius 3 is 2.21 bits per heavy atom. The molecule has 0 bridgehead atoms. The molecule has 1 heterocycles. The van der Waals surface area contributed by atoms with Gasteiger partial charge in [-0.1, -0.05) is 66.2 Å². The van der Waals surface area contributed by atoms with Crippen LogP contribution in [0.2, 0.25) is 5.02 Å². The lowest BCUT2D eigenvalue weighted by Crippen LogP contribution is -2.34. The van der Waals surface area contributed by atoms with Gasteiger partial charge in [-0.2, -0.15) is 13.2 Å². The number of benzene rings is 5. The number of anilines is 2. The van der Waals surface area contributed by atoms with Gasteiger partial charge in [-0.3, -0.25) is 4.79 Å². The first-order valence-corrected chi connectivity index (χ1v) is 26.4. The molecule has 1 amide bonds. The SMILES string of the molecule is CN(CCOC(=O)COCC(=O)O)CC[C@H](CSc1ccccc1)Nc1ccc(S(=O)(=O)NC(=O)c2ccc(N3CCC(Cc4ccccc4-c4ccc(Cl)cc4)CC3)cc2)cc1S(=O)(=O)C(F)(F)F. The van der Waals surface area contributed by atoms with Gasteiger partial charge in [-0.25, -0.2) is 31.1 Å². The number of halogens is 4. The zero-order valence-electron chi connectivity index (χ0n) is 37.9. The summed E-state index contributed by atoms with van der Waals surface area (Å²) >= 11 is 7.46. The van der Waals surface area contributed by atoms with E-state index in [9.17, 15) is 44.4 Å². The summed E-state index contributed by atoms with van der Waals surface area (Å²) < 4.78 is 108. The monoisotopic (exact) mass is 1040 g/mol. The van der Waals surface area contributed by atoms with Crippen LogP contribution in [-0.2, 0) is 45.3 Å². The van der Waals surface area contributed by atoms with E-state index in [1.807, 2.05) is 53.3 Å². The largest absolute Gasteiger partial charge is 0.501 e. The number of carbonyl (C=O) groups excluding carboxylic acids is 2. The number of hydrogen-bond donors (Lipinski definition) is 3. The predicted octanol–water partition coefficient (Wildman–Crippen LogP) is 8.42. The highest BCUT2D eigenvalue weighted by Gasteiger charge is 2.48. The molecule has 5 aromatic carbocycles. The smallest absolute Gasteiger partial charge is 0.480 e. The Balaban J connectivity index is 1.10. The van der Waals surface area contributed by atoms with Gasteiger partial charge in [0.05, 0.1) is 10.6 Å². The van der Waals surface area contributed by atoms with Crippen molar-refractivity contribution in [3.05, 3.63) is 137 Å². The molecule has 374 valence electrons. The number of piperidine rings is 1. The number of hydrogen-bond acceptors (Lipinski definition) is 13. The number of carboxylic acids is 1. The normalized spacial score (nSPS) is 14.0. The summed E-state index contributed by atoms with van der Waals surface area (Å²) in [5, 5.41) is 12.2. The Labute approximate surface area is 414 Å². The van der Waals surface area contributed by atoms with Gasteiger partial charge in [0, 0.05) is 52.6 Å². The summed E-state index contributed by atoms with van der Waals surface area (Å²) in [6, 6.07) is 32.9. The minimum Gasteiger partial charge on any atom is -0.480 e. The third-order valence-corrected chi connectivity index (χ3v) is 15.8. The van der Waals surface area contributed by atoms with E-state index in [0.717, 1.165) is 66.2 Å². The Hall–Kier alpha value is -5.64. The van der Waals surface area contributed by atoms with Crippen molar-refractivity contribution in [3.63, 3.8) is 0 Å². The Bertz CT molecular complexity index is 2800. The van der Waals surface area contributed by atoms with Crippen molar-refractivity contribution < 1.29 is 59.0 Å². The molecule has 0 radical (unpaired) electrons. The number of likely N-dealkylation sites (N-methyl/N-ethyl adjacent to an activating group) is 1. The van der Waals surface area contributed by atoms with Crippen LogP contribution >= 0.6 is 23.4 Å². The second kappa shape index (κ2) is 24.5. The van der Waals surface area contributed by atoms with Crippen molar-refractivity contribution in [2.75, 3.05) is 69.0 Å². The molecule has 0 unspecified atom stereocenters. The minimum absolute atomic E-state index is 0.0471. The molecule has 0 aliphatic carbocycles. The van der Waals surface area contributed by atoms with E-state index in [-0.39, 0.29) is 37.4 Å². The first kappa shape index (κ1) is 53.7. The summed E-state index contributed by atoms with van der Waals surface area (Å²) in [6.07, 6.45) is 2.96. The zero-order valence-corrected chi connectivity index (χ0v) is 41.1. The zero-order chi connectivity index (χ0) is 50.5. The Kier molecular flexibility index (Phi) is 18.8. The minimum atomic E-state index is -6.15. The maximum Gasteiger partial charge on any atom is 0.501 e. The van der Waals surface area contributed by atoms with Gasteiger partial charge in [0.15, 0.2) is 0 Å². The number of rotatable bonds is 23.